The molecule has 0 aliphatic carbocycles. The number of fused-ring (bicyclic) bond motifs is 1. The van der Waals surface area contributed by atoms with E-state index in [1.807, 2.05) is 0 Å². The molecule has 0 amide bonds. The van der Waals surface area contributed by atoms with E-state index in [4.69, 9.17) is 0 Å². The number of aromatic nitrogens is 1. The molecule has 1 heteroatoms. The molecule has 0 saturated carbocycles. The molecular weight excluding hydrogens is 206 g/mol. The molecule has 17 heavy (non-hydrogen) atoms. The standard InChI is InChI=1S/C16H15N/c1-12-7-8-15(13(2)11-12)17-10-9-14-5-3-4-6-16(14)17/h3-11H,1-2H3. The topological polar surface area (TPSA) is 4.93 Å². The van der Waals surface area contributed by atoms with Gasteiger partial charge < -0.3 is 4.57 Å². The van der Waals surface area contributed by atoms with Crippen molar-refractivity contribution in [3.63, 3.8) is 0 Å². The Morgan fingerprint density at radius 1 is 0.882 bits per heavy atom. The molecule has 3 rings (SSSR count). The van der Waals surface area contributed by atoms with Gasteiger partial charge in [-0.15, -0.1) is 0 Å². The van der Waals surface area contributed by atoms with Gasteiger partial charge in [-0.25, -0.2) is 0 Å². The number of rotatable bonds is 1. The highest BCUT2D eigenvalue weighted by molar-refractivity contribution is 5.82. The molecule has 0 bridgehead atoms. The summed E-state index contributed by atoms with van der Waals surface area (Å²) in [7, 11) is 0. The van der Waals surface area contributed by atoms with Gasteiger partial charge in [0.15, 0.2) is 0 Å². The minimum atomic E-state index is 1.26. The molecule has 3 aromatic rings. The van der Waals surface area contributed by atoms with Gasteiger partial charge in [0.2, 0.25) is 0 Å². The van der Waals surface area contributed by atoms with E-state index in [9.17, 15) is 0 Å². The number of aryl methyl sites for hydroxylation is 2. The molecule has 0 fully saturated rings. The monoisotopic (exact) mass is 221 g/mol. The Bertz CT molecular complexity index is 677. The molecule has 0 saturated heterocycles. The smallest absolute Gasteiger partial charge is 0.0528 e. The Hall–Kier alpha value is -2.02. The van der Waals surface area contributed by atoms with Gasteiger partial charge in [0, 0.05) is 11.9 Å². The molecule has 0 radical (unpaired) electrons. The Labute approximate surface area is 101 Å². The predicted octanol–water partition coefficient (Wildman–Crippen LogP) is 4.25. The zero-order chi connectivity index (χ0) is 11.8. The van der Waals surface area contributed by atoms with Crippen molar-refractivity contribution in [2.24, 2.45) is 0 Å². The second kappa shape index (κ2) is 3.77. The highest BCUT2D eigenvalue weighted by atomic mass is 15.0. The summed E-state index contributed by atoms with van der Waals surface area (Å²) < 4.78 is 2.25. The van der Waals surface area contributed by atoms with Gasteiger partial charge in [0.05, 0.1) is 5.52 Å². The molecule has 1 aromatic heterocycles. The number of hydrogen-bond acceptors (Lipinski definition) is 0. The molecule has 0 N–H and O–H groups in total. The van der Waals surface area contributed by atoms with E-state index in [0.717, 1.165) is 0 Å². The van der Waals surface area contributed by atoms with E-state index in [1.165, 1.54) is 27.7 Å². The summed E-state index contributed by atoms with van der Waals surface area (Å²) in [6, 6.07) is 17.2. The fraction of sp³-hybridized carbons (Fsp3) is 0.125. The van der Waals surface area contributed by atoms with Gasteiger partial charge in [0.1, 0.15) is 0 Å². The van der Waals surface area contributed by atoms with Crippen LogP contribution in [0.5, 0.6) is 0 Å². The molecule has 0 atom stereocenters. The van der Waals surface area contributed by atoms with E-state index in [0.29, 0.717) is 0 Å². The lowest BCUT2D eigenvalue weighted by molar-refractivity contribution is 1.10. The third-order valence-electron chi connectivity index (χ3n) is 3.21. The Balaban J connectivity index is 2.27. The van der Waals surface area contributed by atoms with Crippen molar-refractivity contribution < 1.29 is 0 Å². The van der Waals surface area contributed by atoms with Crippen LogP contribution in [0, 0.1) is 13.8 Å². The fourth-order valence-electron chi connectivity index (χ4n) is 2.37. The highest BCUT2D eigenvalue weighted by Crippen LogP contribution is 2.22. The maximum Gasteiger partial charge on any atom is 0.0528 e. The molecule has 0 unspecified atom stereocenters. The van der Waals surface area contributed by atoms with Gasteiger partial charge in [0.25, 0.3) is 0 Å². The van der Waals surface area contributed by atoms with Crippen LogP contribution in [0.25, 0.3) is 16.6 Å². The van der Waals surface area contributed by atoms with Gasteiger partial charge in [-0.1, -0.05) is 35.9 Å². The zero-order valence-corrected chi connectivity index (χ0v) is 10.1. The van der Waals surface area contributed by atoms with Gasteiger partial charge in [-0.05, 0) is 43.0 Å². The van der Waals surface area contributed by atoms with E-state index in [2.05, 4.69) is 73.1 Å². The average Bonchev–Trinajstić information content (AvgIpc) is 2.73. The van der Waals surface area contributed by atoms with Gasteiger partial charge >= 0.3 is 0 Å². The second-order valence-electron chi connectivity index (χ2n) is 4.53. The minimum absolute atomic E-state index is 1.26. The summed E-state index contributed by atoms with van der Waals surface area (Å²) in [5.41, 5.74) is 5.14. The second-order valence-corrected chi connectivity index (χ2v) is 4.53. The third kappa shape index (κ3) is 1.64. The lowest BCUT2D eigenvalue weighted by atomic mass is 10.1. The Morgan fingerprint density at radius 2 is 1.71 bits per heavy atom. The summed E-state index contributed by atoms with van der Waals surface area (Å²) in [5, 5.41) is 1.28. The summed E-state index contributed by atoms with van der Waals surface area (Å²) in [4.78, 5) is 0. The maximum absolute atomic E-state index is 2.25. The van der Waals surface area contributed by atoms with E-state index < -0.39 is 0 Å². The van der Waals surface area contributed by atoms with Crippen molar-refractivity contribution in [1.82, 2.24) is 4.57 Å². The van der Waals surface area contributed by atoms with Crippen molar-refractivity contribution in [3.8, 4) is 5.69 Å². The van der Waals surface area contributed by atoms with Crippen LogP contribution in [0.4, 0.5) is 0 Å². The number of hydrogen-bond donors (Lipinski definition) is 0. The first-order valence-electron chi connectivity index (χ1n) is 5.89. The highest BCUT2D eigenvalue weighted by Gasteiger charge is 2.04. The summed E-state index contributed by atoms with van der Waals surface area (Å²) >= 11 is 0. The van der Waals surface area contributed by atoms with Gasteiger partial charge in [-0.2, -0.15) is 0 Å². The largest absolute Gasteiger partial charge is 0.316 e. The van der Waals surface area contributed by atoms with Gasteiger partial charge in [-0.3, -0.25) is 0 Å². The van der Waals surface area contributed by atoms with Crippen molar-refractivity contribution in [2.45, 2.75) is 13.8 Å². The molecule has 2 aromatic carbocycles. The molecule has 84 valence electrons. The first-order valence-corrected chi connectivity index (χ1v) is 5.89. The van der Waals surface area contributed by atoms with Crippen LogP contribution in [-0.4, -0.2) is 4.57 Å². The zero-order valence-electron chi connectivity index (χ0n) is 10.1. The van der Waals surface area contributed by atoms with Crippen LogP contribution in [0.2, 0.25) is 0 Å². The van der Waals surface area contributed by atoms with Crippen molar-refractivity contribution in [1.29, 1.82) is 0 Å². The lowest BCUT2D eigenvalue weighted by Gasteiger charge is -2.09. The normalized spacial score (nSPS) is 10.9. The van der Waals surface area contributed by atoms with Crippen LogP contribution in [0.15, 0.2) is 54.7 Å². The Morgan fingerprint density at radius 3 is 2.53 bits per heavy atom. The Kier molecular flexibility index (Phi) is 2.25. The third-order valence-corrected chi connectivity index (χ3v) is 3.21. The predicted molar refractivity (Wildman–Crippen MR) is 72.7 cm³/mol. The number of benzene rings is 2. The quantitative estimate of drug-likeness (QED) is 0.579. The van der Waals surface area contributed by atoms with Crippen molar-refractivity contribution >= 4 is 10.9 Å². The number of nitrogens with zero attached hydrogens (tertiary/aromatic N) is 1. The molecule has 0 aliphatic rings. The van der Waals surface area contributed by atoms with E-state index >= 15 is 0 Å². The molecule has 1 nitrogen and oxygen atoms in total. The molecule has 0 aliphatic heterocycles. The van der Waals surface area contributed by atoms with Crippen LogP contribution in [-0.2, 0) is 0 Å². The SMILES string of the molecule is Cc1ccc(-n2ccc3ccccc32)c(C)c1. The van der Waals surface area contributed by atoms with E-state index in [-0.39, 0.29) is 0 Å². The summed E-state index contributed by atoms with van der Waals surface area (Å²) in [5.74, 6) is 0. The van der Waals surface area contributed by atoms with Crippen LogP contribution in [0.3, 0.4) is 0 Å². The first-order chi connectivity index (χ1) is 8.25. The fourth-order valence-corrected chi connectivity index (χ4v) is 2.37. The van der Waals surface area contributed by atoms with Crippen LogP contribution in [0.1, 0.15) is 11.1 Å². The number of para-hydroxylation sites is 1. The summed E-state index contributed by atoms with van der Waals surface area (Å²) in [6.45, 7) is 4.29. The van der Waals surface area contributed by atoms with Crippen LogP contribution >= 0.6 is 0 Å². The lowest BCUT2D eigenvalue weighted by Crippen LogP contribution is -1.95. The van der Waals surface area contributed by atoms with Crippen molar-refractivity contribution in [3.05, 3.63) is 65.9 Å². The average molecular weight is 221 g/mol. The molecule has 0 spiro atoms. The first kappa shape index (κ1) is 10.2. The van der Waals surface area contributed by atoms with Crippen LogP contribution < -0.4 is 0 Å². The molecule has 1 heterocycles. The maximum atomic E-state index is 2.25. The van der Waals surface area contributed by atoms with E-state index in [1.54, 1.807) is 0 Å². The van der Waals surface area contributed by atoms with Crippen molar-refractivity contribution in [2.75, 3.05) is 0 Å². The minimum Gasteiger partial charge on any atom is -0.316 e. The summed E-state index contributed by atoms with van der Waals surface area (Å²) in [6.07, 6.45) is 2.14. The molecular formula is C16H15N.